The van der Waals surface area contributed by atoms with Crippen LogP contribution in [0.3, 0.4) is 0 Å². The lowest BCUT2D eigenvalue weighted by atomic mass is 10.2. The van der Waals surface area contributed by atoms with Crippen LogP contribution in [0.1, 0.15) is 11.6 Å². The molecule has 0 aliphatic heterocycles. The predicted molar refractivity (Wildman–Crippen MR) is 113 cm³/mol. The van der Waals surface area contributed by atoms with E-state index in [0.717, 1.165) is 11.8 Å². The number of hydrogen-bond acceptors (Lipinski definition) is 6. The van der Waals surface area contributed by atoms with Crippen molar-refractivity contribution in [2.75, 3.05) is 11.6 Å². The standard InChI is InChI=1S/C20H20N6O3S/c1-13-21-20(25-24-13)14-6-5-7-15(10-14)22-19(27)11-26-17-9-4-3-8-16(17)23-18(26)12-30(2,28)29/h3-10H,11-12H2,1-2H3,(H,22,27)(H,21,24,25). The van der Waals surface area contributed by atoms with E-state index in [-0.39, 0.29) is 18.2 Å². The molecule has 0 radical (unpaired) electrons. The number of benzene rings is 2. The van der Waals surface area contributed by atoms with Gasteiger partial charge < -0.3 is 9.88 Å². The van der Waals surface area contributed by atoms with E-state index >= 15 is 0 Å². The molecule has 4 rings (SSSR count). The van der Waals surface area contributed by atoms with Crippen LogP contribution in [-0.2, 0) is 26.9 Å². The number of fused-ring (bicyclic) bond motifs is 1. The molecule has 2 heterocycles. The molecule has 0 fully saturated rings. The maximum atomic E-state index is 12.7. The Morgan fingerprint density at radius 2 is 1.93 bits per heavy atom. The predicted octanol–water partition coefficient (Wildman–Crippen LogP) is 2.31. The molecule has 2 aromatic carbocycles. The van der Waals surface area contributed by atoms with Gasteiger partial charge in [0.15, 0.2) is 15.7 Å². The van der Waals surface area contributed by atoms with E-state index in [9.17, 15) is 13.2 Å². The maximum Gasteiger partial charge on any atom is 0.244 e. The van der Waals surface area contributed by atoms with Crippen LogP contribution in [0, 0.1) is 6.92 Å². The van der Waals surface area contributed by atoms with Crippen LogP contribution < -0.4 is 5.32 Å². The lowest BCUT2D eigenvalue weighted by Crippen LogP contribution is -2.21. The molecule has 0 bridgehead atoms. The number of imidazole rings is 1. The smallest absolute Gasteiger partial charge is 0.244 e. The van der Waals surface area contributed by atoms with Gasteiger partial charge in [0, 0.05) is 17.5 Å². The number of hydrogen-bond donors (Lipinski definition) is 2. The van der Waals surface area contributed by atoms with E-state index in [0.29, 0.717) is 34.2 Å². The Hall–Kier alpha value is -3.53. The van der Waals surface area contributed by atoms with E-state index in [1.165, 1.54) is 0 Å². The summed E-state index contributed by atoms with van der Waals surface area (Å²) in [4.78, 5) is 21.4. The number of aromatic nitrogens is 5. The Bertz CT molecular complexity index is 1340. The van der Waals surface area contributed by atoms with Gasteiger partial charge >= 0.3 is 0 Å². The molecule has 1 amide bonds. The highest BCUT2D eigenvalue weighted by Gasteiger charge is 2.17. The summed E-state index contributed by atoms with van der Waals surface area (Å²) in [5.74, 6) is 1.04. The van der Waals surface area contributed by atoms with E-state index in [1.54, 1.807) is 28.8 Å². The molecule has 0 atom stereocenters. The van der Waals surface area contributed by atoms with Crippen molar-refractivity contribution in [3.8, 4) is 11.4 Å². The van der Waals surface area contributed by atoms with Crippen molar-refractivity contribution in [1.29, 1.82) is 0 Å². The first-order valence-electron chi connectivity index (χ1n) is 9.20. The molecular formula is C20H20N6O3S. The number of nitrogens with zero attached hydrogens (tertiary/aromatic N) is 4. The first-order chi connectivity index (χ1) is 14.3. The summed E-state index contributed by atoms with van der Waals surface area (Å²) in [5, 5.41) is 9.77. The molecule has 2 N–H and O–H groups in total. The summed E-state index contributed by atoms with van der Waals surface area (Å²) in [7, 11) is -3.31. The summed E-state index contributed by atoms with van der Waals surface area (Å²) >= 11 is 0. The van der Waals surface area contributed by atoms with Gasteiger partial charge in [-0.05, 0) is 31.2 Å². The number of aromatic amines is 1. The molecule has 4 aromatic rings. The summed E-state index contributed by atoms with van der Waals surface area (Å²) < 4.78 is 25.3. The minimum absolute atomic E-state index is 0.0602. The minimum Gasteiger partial charge on any atom is -0.325 e. The molecule has 0 spiro atoms. The van der Waals surface area contributed by atoms with Gasteiger partial charge in [-0.3, -0.25) is 9.89 Å². The molecule has 2 aromatic heterocycles. The van der Waals surface area contributed by atoms with Crippen molar-refractivity contribution in [3.05, 3.63) is 60.2 Å². The maximum absolute atomic E-state index is 12.7. The summed E-state index contributed by atoms with van der Waals surface area (Å²) in [6.07, 6.45) is 1.15. The van der Waals surface area contributed by atoms with Gasteiger partial charge in [0.1, 0.15) is 23.9 Å². The number of H-pyrrole nitrogens is 1. The van der Waals surface area contributed by atoms with Crippen LogP contribution in [0.5, 0.6) is 0 Å². The molecular weight excluding hydrogens is 404 g/mol. The zero-order valence-corrected chi connectivity index (χ0v) is 17.3. The largest absolute Gasteiger partial charge is 0.325 e. The zero-order valence-electron chi connectivity index (χ0n) is 16.5. The van der Waals surface area contributed by atoms with Gasteiger partial charge in [-0.25, -0.2) is 18.4 Å². The molecule has 0 aliphatic rings. The number of nitrogens with one attached hydrogen (secondary N) is 2. The minimum atomic E-state index is -3.31. The highest BCUT2D eigenvalue weighted by molar-refractivity contribution is 7.89. The third kappa shape index (κ3) is 4.38. The molecule has 10 heteroatoms. The lowest BCUT2D eigenvalue weighted by molar-refractivity contribution is -0.116. The Balaban J connectivity index is 1.59. The van der Waals surface area contributed by atoms with Crippen LogP contribution in [0.25, 0.3) is 22.4 Å². The van der Waals surface area contributed by atoms with Crippen molar-refractivity contribution in [2.24, 2.45) is 0 Å². The fourth-order valence-corrected chi connectivity index (χ4v) is 3.89. The Labute approximate surface area is 173 Å². The van der Waals surface area contributed by atoms with Gasteiger partial charge in [-0.15, -0.1) is 0 Å². The molecule has 30 heavy (non-hydrogen) atoms. The normalized spacial score (nSPS) is 11.7. The summed E-state index contributed by atoms with van der Waals surface area (Å²) in [6.45, 7) is 1.75. The van der Waals surface area contributed by atoms with Gasteiger partial charge in [0.25, 0.3) is 0 Å². The molecule has 154 valence electrons. The number of anilines is 1. The monoisotopic (exact) mass is 424 g/mol. The van der Waals surface area contributed by atoms with E-state index in [1.807, 2.05) is 31.2 Å². The quantitative estimate of drug-likeness (QED) is 0.490. The second-order valence-corrected chi connectivity index (χ2v) is 9.19. The Kier molecular flexibility index (Phi) is 5.08. The number of carbonyl (C=O) groups excluding carboxylic acids is 1. The molecule has 9 nitrogen and oxygen atoms in total. The van der Waals surface area contributed by atoms with Crippen LogP contribution in [0.2, 0.25) is 0 Å². The Morgan fingerprint density at radius 1 is 1.13 bits per heavy atom. The zero-order chi connectivity index (χ0) is 21.3. The Morgan fingerprint density at radius 3 is 2.67 bits per heavy atom. The average molecular weight is 424 g/mol. The average Bonchev–Trinajstić information content (AvgIpc) is 3.25. The van der Waals surface area contributed by atoms with E-state index in [2.05, 4.69) is 25.5 Å². The number of para-hydroxylation sites is 2. The van der Waals surface area contributed by atoms with Crippen molar-refractivity contribution >= 4 is 32.5 Å². The highest BCUT2D eigenvalue weighted by atomic mass is 32.2. The van der Waals surface area contributed by atoms with Crippen molar-refractivity contribution in [1.82, 2.24) is 24.7 Å². The van der Waals surface area contributed by atoms with Crippen LogP contribution in [0.15, 0.2) is 48.5 Å². The number of carbonyl (C=O) groups is 1. The van der Waals surface area contributed by atoms with Crippen molar-refractivity contribution in [3.63, 3.8) is 0 Å². The topological polar surface area (TPSA) is 123 Å². The number of amides is 1. The summed E-state index contributed by atoms with van der Waals surface area (Å²) in [6, 6.07) is 14.5. The second kappa shape index (κ2) is 7.71. The van der Waals surface area contributed by atoms with Gasteiger partial charge in [0.2, 0.25) is 5.91 Å². The number of sulfone groups is 1. The third-order valence-electron chi connectivity index (χ3n) is 4.43. The van der Waals surface area contributed by atoms with Crippen molar-refractivity contribution < 1.29 is 13.2 Å². The molecule has 0 saturated heterocycles. The molecule has 0 aliphatic carbocycles. The first kappa shape index (κ1) is 19.8. The number of rotatable bonds is 6. The highest BCUT2D eigenvalue weighted by Crippen LogP contribution is 2.21. The second-order valence-electron chi connectivity index (χ2n) is 7.05. The first-order valence-corrected chi connectivity index (χ1v) is 11.3. The van der Waals surface area contributed by atoms with Crippen molar-refractivity contribution in [2.45, 2.75) is 19.2 Å². The van der Waals surface area contributed by atoms with Crippen LogP contribution in [-0.4, -0.2) is 45.3 Å². The van der Waals surface area contributed by atoms with E-state index < -0.39 is 9.84 Å². The molecule has 0 unspecified atom stereocenters. The van der Waals surface area contributed by atoms with Crippen LogP contribution in [0.4, 0.5) is 5.69 Å². The fourth-order valence-electron chi connectivity index (χ4n) is 3.20. The number of aryl methyl sites for hydroxylation is 1. The summed E-state index contributed by atoms with van der Waals surface area (Å²) in [5.41, 5.74) is 2.71. The van der Waals surface area contributed by atoms with Gasteiger partial charge in [0.05, 0.1) is 11.0 Å². The van der Waals surface area contributed by atoms with Gasteiger partial charge in [-0.1, -0.05) is 24.3 Å². The van der Waals surface area contributed by atoms with E-state index in [4.69, 9.17) is 0 Å². The van der Waals surface area contributed by atoms with Crippen LogP contribution >= 0.6 is 0 Å². The van der Waals surface area contributed by atoms with Gasteiger partial charge in [-0.2, -0.15) is 5.10 Å². The lowest BCUT2D eigenvalue weighted by Gasteiger charge is -2.10. The SMILES string of the molecule is Cc1nc(-c2cccc(NC(=O)Cn3c(CS(C)(=O)=O)nc4ccccc43)c2)n[nH]1. The third-order valence-corrected chi connectivity index (χ3v) is 5.21. The fraction of sp³-hybridized carbons (Fsp3) is 0.200. The molecule has 0 saturated carbocycles.